The summed E-state index contributed by atoms with van der Waals surface area (Å²) in [5, 5.41) is 11.6. The molecule has 108 valence electrons. The second kappa shape index (κ2) is 6.23. The zero-order valence-electron chi connectivity index (χ0n) is 10.9. The van der Waals surface area contributed by atoms with Crippen molar-refractivity contribution >= 4 is 23.3 Å². The maximum atomic E-state index is 11.4. The highest BCUT2D eigenvalue weighted by Crippen LogP contribution is 2.32. The van der Waals surface area contributed by atoms with E-state index in [1.54, 1.807) is 24.3 Å². The first-order valence-electron chi connectivity index (χ1n) is 5.81. The minimum atomic E-state index is -0.656. The molecule has 0 unspecified atom stereocenters. The Kier molecular flexibility index (Phi) is 4.39. The topological polar surface area (TPSA) is 78.7 Å². The van der Waals surface area contributed by atoms with Crippen LogP contribution in [-0.2, 0) is 4.74 Å². The van der Waals surface area contributed by atoms with E-state index >= 15 is 0 Å². The first-order chi connectivity index (χ1) is 10.0. The number of nitro benzene ring substituents is 1. The molecule has 0 atom stereocenters. The average Bonchev–Trinajstić information content (AvgIpc) is 2.49. The molecule has 0 amide bonds. The summed E-state index contributed by atoms with van der Waals surface area (Å²) in [6.45, 7) is 0. The van der Waals surface area contributed by atoms with Crippen LogP contribution in [0.1, 0.15) is 10.4 Å². The van der Waals surface area contributed by atoms with Crippen molar-refractivity contribution in [2.45, 2.75) is 0 Å². The molecule has 0 aliphatic rings. The Balaban J connectivity index is 2.36. The fourth-order valence-electron chi connectivity index (χ4n) is 1.62. The largest absolute Gasteiger partial charge is 0.465 e. The lowest BCUT2D eigenvalue weighted by atomic mass is 10.2. The monoisotopic (exact) mass is 307 g/mol. The maximum absolute atomic E-state index is 11.4. The number of rotatable bonds is 4. The summed E-state index contributed by atoms with van der Waals surface area (Å²) in [5.41, 5.74) is -0.250. The van der Waals surface area contributed by atoms with Crippen LogP contribution in [0.4, 0.5) is 5.69 Å². The SMILES string of the molecule is COC(=O)c1ccc(Oc2ccc(Cl)cc2)c([N+](=O)[O-])c1. The predicted octanol–water partition coefficient (Wildman–Crippen LogP) is 3.83. The molecule has 2 aromatic rings. The Morgan fingerprint density at radius 3 is 2.43 bits per heavy atom. The van der Waals surface area contributed by atoms with Crippen LogP contribution in [0.15, 0.2) is 42.5 Å². The van der Waals surface area contributed by atoms with Gasteiger partial charge in [0.05, 0.1) is 17.6 Å². The predicted molar refractivity (Wildman–Crippen MR) is 76.0 cm³/mol. The van der Waals surface area contributed by atoms with Gasteiger partial charge in [0, 0.05) is 11.1 Å². The lowest BCUT2D eigenvalue weighted by Gasteiger charge is -2.07. The number of esters is 1. The fourth-order valence-corrected chi connectivity index (χ4v) is 1.75. The molecule has 21 heavy (non-hydrogen) atoms. The quantitative estimate of drug-likeness (QED) is 0.487. The van der Waals surface area contributed by atoms with Gasteiger partial charge in [-0.05, 0) is 36.4 Å². The third-order valence-corrected chi connectivity index (χ3v) is 2.87. The minimum absolute atomic E-state index is 0.0231. The van der Waals surface area contributed by atoms with E-state index in [1.165, 1.54) is 19.2 Å². The first kappa shape index (κ1) is 14.8. The van der Waals surface area contributed by atoms with Crippen molar-refractivity contribution in [1.29, 1.82) is 0 Å². The number of carbonyl (C=O) groups excluding carboxylic acids is 1. The molecule has 2 rings (SSSR count). The number of hydrogen-bond donors (Lipinski definition) is 0. The molecule has 2 aromatic carbocycles. The Labute approximate surface area is 125 Å². The summed E-state index contributed by atoms with van der Waals surface area (Å²) < 4.78 is 9.97. The van der Waals surface area contributed by atoms with Gasteiger partial charge >= 0.3 is 11.7 Å². The molecule has 0 N–H and O–H groups in total. The van der Waals surface area contributed by atoms with E-state index in [0.29, 0.717) is 10.8 Å². The van der Waals surface area contributed by atoms with Gasteiger partial charge in [-0.1, -0.05) is 11.6 Å². The summed E-state index contributed by atoms with van der Waals surface area (Å²) >= 11 is 5.75. The van der Waals surface area contributed by atoms with Crippen molar-refractivity contribution in [3.63, 3.8) is 0 Å². The third kappa shape index (κ3) is 3.49. The van der Waals surface area contributed by atoms with E-state index in [0.717, 1.165) is 6.07 Å². The van der Waals surface area contributed by atoms with E-state index in [1.807, 2.05) is 0 Å². The second-order valence-electron chi connectivity index (χ2n) is 3.99. The van der Waals surface area contributed by atoms with E-state index in [4.69, 9.17) is 16.3 Å². The van der Waals surface area contributed by atoms with Crippen molar-refractivity contribution in [3.8, 4) is 11.5 Å². The number of halogens is 1. The zero-order valence-corrected chi connectivity index (χ0v) is 11.7. The van der Waals surface area contributed by atoms with Crippen LogP contribution in [-0.4, -0.2) is 18.0 Å². The number of hydrogen-bond acceptors (Lipinski definition) is 5. The van der Waals surface area contributed by atoms with Crippen LogP contribution < -0.4 is 4.74 Å². The normalized spacial score (nSPS) is 10.0. The molecule has 0 fully saturated rings. The highest BCUT2D eigenvalue weighted by molar-refractivity contribution is 6.30. The van der Waals surface area contributed by atoms with Crippen molar-refractivity contribution in [2.75, 3.05) is 7.11 Å². The minimum Gasteiger partial charge on any atom is -0.465 e. The summed E-state index contributed by atoms with van der Waals surface area (Å²) in [4.78, 5) is 21.8. The molecule has 6 nitrogen and oxygen atoms in total. The molecule has 0 saturated heterocycles. The number of nitro groups is 1. The van der Waals surface area contributed by atoms with Gasteiger partial charge in [-0.25, -0.2) is 4.79 Å². The van der Waals surface area contributed by atoms with Gasteiger partial charge in [-0.2, -0.15) is 0 Å². The van der Waals surface area contributed by atoms with Crippen LogP contribution in [0.2, 0.25) is 5.02 Å². The Morgan fingerprint density at radius 2 is 1.86 bits per heavy atom. The number of nitrogens with zero attached hydrogens (tertiary/aromatic N) is 1. The van der Waals surface area contributed by atoms with Crippen LogP contribution in [0.5, 0.6) is 11.5 Å². The summed E-state index contributed by atoms with van der Waals surface area (Å²) in [6.07, 6.45) is 0. The summed E-state index contributed by atoms with van der Waals surface area (Å²) in [5.74, 6) is -0.237. The molecule has 0 bridgehead atoms. The van der Waals surface area contributed by atoms with Crippen LogP contribution in [0.25, 0.3) is 0 Å². The molecule has 7 heteroatoms. The second-order valence-corrected chi connectivity index (χ2v) is 4.42. The van der Waals surface area contributed by atoms with Gasteiger partial charge in [-0.15, -0.1) is 0 Å². The molecule has 0 heterocycles. The standard InChI is InChI=1S/C14H10ClNO5/c1-20-14(17)9-2-7-13(12(8-9)16(18)19)21-11-5-3-10(15)4-6-11/h2-8H,1H3. The van der Waals surface area contributed by atoms with Gasteiger partial charge < -0.3 is 9.47 Å². The lowest BCUT2D eigenvalue weighted by molar-refractivity contribution is -0.385. The van der Waals surface area contributed by atoms with Crippen LogP contribution in [0.3, 0.4) is 0 Å². The highest BCUT2D eigenvalue weighted by Gasteiger charge is 2.19. The van der Waals surface area contributed by atoms with E-state index in [2.05, 4.69) is 4.74 Å². The molecule has 0 aliphatic heterocycles. The van der Waals surface area contributed by atoms with Crippen molar-refractivity contribution in [2.24, 2.45) is 0 Å². The fraction of sp³-hybridized carbons (Fsp3) is 0.0714. The summed E-state index contributed by atoms with van der Waals surface area (Å²) in [6, 6.07) is 10.2. The van der Waals surface area contributed by atoms with Crippen LogP contribution in [0, 0.1) is 10.1 Å². The maximum Gasteiger partial charge on any atom is 0.338 e. The van der Waals surface area contributed by atoms with Crippen molar-refractivity contribution < 1.29 is 19.2 Å². The Bertz CT molecular complexity index is 684. The van der Waals surface area contributed by atoms with Gasteiger partial charge in [0.25, 0.3) is 0 Å². The summed E-state index contributed by atoms with van der Waals surface area (Å²) in [7, 11) is 1.20. The van der Waals surface area contributed by atoms with Gasteiger partial charge in [-0.3, -0.25) is 10.1 Å². The third-order valence-electron chi connectivity index (χ3n) is 2.62. The number of ether oxygens (including phenoxy) is 2. The van der Waals surface area contributed by atoms with Gasteiger partial charge in [0.15, 0.2) is 0 Å². The number of methoxy groups -OCH3 is 1. The smallest absolute Gasteiger partial charge is 0.338 e. The number of carbonyl (C=O) groups is 1. The van der Waals surface area contributed by atoms with Gasteiger partial charge in [0.1, 0.15) is 5.75 Å². The number of benzene rings is 2. The molecule has 0 aliphatic carbocycles. The van der Waals surface area contributed by atoms with E-state index < -0.39 is 10.9 Å². The molecule has 0 aromatic heterocycles. The Morgan fingerprint density at radius 1 is 1.19 bits per heavy atom. The van der Waals surface area contributed by atoms with Crippen molar-refractivity contribution in [3.05, 3.63) is 63.2 Å². The zero-order chi connectivity index (χ0) is 15.4. The van der Waals surface area contributed by atoms with Crippen LogP contribution >= 0.6 is 11.6 Å². The lowest BCUT2D eigenvalue weighted by Crippen LogP contribution is -2.03. The molecular weight excluding hydrogens is 298 g/mol. The highest BCUT2D eigenvalue weighted by atomic mass is 35.5. The molecule has 0 spiro atoms. The van der Waals surface area contributed by atoms with E-state index in [9.17, 15) is 14.9 Å². The Hall–Kier alpha value is -2.60. The molecule has 0 radical (unpaired) electrons. The molecule has 0 saturated carbocycles. The molecular formula is C14H10ClNO5. The average molecular weight is 308 g/mol. The van der Waals surface area contributed by atoms with Crippen molar-refractivity contribution in [1.82, 2.24) is 0 Å². The van der Waals surface area contributed by atoms with Gasteiger partial charge in [0.2, 0.25) is 5.75 Å². The van der Waals surface area contributed by atoms with E-state index in [-0.39, 0.29) is 17.0 Å². The first-order valence-corrected chi connectivity index (χ1v) is 6.19.